The Hall–Kier alpha value is -2.02. The van der Waals surface area contributed by atoms with Crippen LogP contribution in [0.3, 0.4) is 0 Å². The molecule has 25 heavy (non-hydrogen) atoms. The molecule has 2 aliphatic rings. The minimum Gasteiger partial charge on any atom is -0.315 e. The highest BCUT2D eigenvalue weighted by Crippen LogP contribution is 2.47. The zero-order valence-electron chi connectivity index (χ0n) is 14.5. The highest BCUT2D eigenvalue weighted by atomic mass is 32.2. The van der Waals surface area contributed by atoms with Gasteiger partial charge in [-0.2, -0.15) is 0 Å². The third-order valence-electron chi connectivity index (χ3n) is 5.08. The summed E-state index contributed by atoms with van der Waals surface area (Å²) in [5.74, 6) is 1.15. The number of anilines is 1. The third kappa shape index (κ3) is 2.61. The SMILES string of the molecule is CCCn1c(NC(=O)C2CSC3(C)CCC(=O)N23)nc2ccccc21. The second kappa shape index (κ2) is 6.05. The number of nitrogens with zero attached hydrogens (tertiary/aromatic N) is 3. The van der Waals surface area contributed by atoms with E-state index in [9.17, 15) is 9.59 Å². The molecule has 3 heterocycles. The van der Waals surface area contributed by atoms with Crippen molar-refractivity contribution in [2.45, 2.75) is 50.6 Å². The Labute approximate surface area is 151 Å². The van der Waals surface area contributed by atoms with E-state index >= 15 is 0 Å². The summed E-state index contributed by atoms with van der Waals surface area (Å²) in [7, 11) is 0. The van der Waals surface area contributed by atoms with Crippen molar-refractivity contribution in [3.63, 3.8) is 0 Å². The standard InChI is InChI=1S/C18H22N4O2S/c1-3-10-21-13-7-5-4-6-12(13)19-17(21)20-16(24)14-11-25-18(2)9-8-15(23)22(14)18/h4-7,14H,3,8-11H2,1-2H3,(H,19,20,24). The number of benzene rings is 1. The first-order valence-electron chi connectivity index (χ1n) is 8.76. The minimum atomic E-state index is -0.417. The van der Waals surface area contributed by atoms with Gasteiger partial charge in [-0.1, -0.05) is 19.1 Å². The number of amides is 2. The lowest BCUT2D eigenvalue weighted by Crippen LogP contribution is -2.48. The highest BCUT2D eigenvalue weighted by molar-refractivity contribution is 8.01. The highest BCUT2D eigenvalue weighted by Gasteiger charge is 2.53. The summed E-state index contributed by atoms with van der Waals surface area (Å²) in [6.07, 6.45) is 2.29. The molecule has 7 heteroatoms. The number of imidazole rings is 1. The van der Waals surface area contributed by atoms with Gasteiger partial charge < -0.3 is 9.47 Å². The predicted molar refractivity (Wildman–Crippen MR) is 99.4 cm³/mol. The molecule has 0 saturated carbocycles. The second-order valence-electron chi connectivity index (χ2n) is 6.83. The molecule has 0 spiro atoms. The molecule has 2 amide bonds. The minimum absolute atomic E-state index is 0.0784. The second-order valence-corrected chi connectivity index (χ2v) is 8.33. The number of carbonyl (C=O) groups excluding carboxylic acids is 2. The molecule has 1 aromatic heterocycles. The number of para-hydroxylation sites is 2. The van der Waals surface area contributed by atoms with Gasteiger partial charge in [-0.15, -0.1) is 11.8 Å². The Kier molecular flexibility index (Phi) is 3.98. The Morgan fingerprint density at radius 1 is 1.44 bits per heavy atom. The average Bonchev–Trinajstić information content (AvgIpc) is 3.21. The first-order chi connectivity index (χ1) is 12.0. The van der Waals surface area contributed by atoms with Gasteiger partial charge in [-0.25, -0.2) is 4.98 Å². The monoisotopic (exact) mass is 358 g/mol. The van der Waals surface area contributed by atoms with Gasteiger partial charge in [0.15, 0.2) is 0 Å². The van der Waals surface area contributed by atoms with Crippen LogP contribution < -0.4 is 5.32 Å². The number of nitrogens with one attached hydrogen (secondary N) is 1. The fraction of sp³-hybridized carbons (Fsp3) is 0.500. The largest absolute Gasteiger partial charge is 0.315 e. The molecule has 2 unspecified atom stereocenters. The molecule has 4 rings (SSSR count). The van der Waals surface area contributed by atoms with Crippen LogP contribution in [0.15, 0.2) is 24.3 Å². The number of rotatable bonds is 4. The normalized spacial score (nSPS) is 25.6. The molecule has 2 saturated heterocycles. The number of aromatic nitrogens is 2. The van der Waals surface area contributed by atoms with Crippen molar-refractivity contribution in [1.82, 2.24) is 14.5 Å². The van der Waals surface area contributed by atoms with Crippen molar-refractivity contribution >= 4 is 40.6 Å². The summed E-state index contributed by atoms with van der Waals surface area (Å²) in [4.78, 5) is 31.3. The number of fused-ring (bicyclic) bond motifs is 2. The van der Waals surface area contributed by atoms with E-state index in [0.29, 0.717) is 18.1 Å². The van der Waals surface area contributed by atoms with E-state index in [-0.39, 0.29) is 16.7 Å². The van der Waals surface area contributed by atoms with Crippen LogP contribution in [0.5, 0.6) is 0 Å². The molecule has 6 nitrogen and oxygen atoms in total. The van der Waals surface area contributed by atoms with E-state index < -0.39 is 6.04 Å². The third-order valence-corrected chi connectivity index (χ3v) is 6.59. The van der Waals surface area contributed by atoms with Crippen LogP contribution in [0, 0.1) is 0 Å². The van der Waals surface area contributed by atoms with E-state index in [2.05, 4.69) is 24.1 Å². The van der Waals surface area contributed by atoms with E-state index in [1.54, 1.807) is 16.7 Å². The van der Waals surface area contributed by atoms with Gasteiger partial charge in [0.2, 0.25) is 17.8 Å². The Morgan fingerprint density at radius 2 is 2.24 bits per heavy atom. The Morgan fingerprint density at radius 3 is 3.04 bits per heavy atom. The number of hydrogen-bond donors (Lipinski definition) is 1. The van der Waals surface area contributed by atoms with Gasteiger partial charge in [0.05, 0.1) is 15.9 Å². The van der Waals surface area contributed by atoms with Crippen LogP contribution in [0.1, 0.15) is 33.1 Å². The Balaban J connectivity index is 1.62. The maximum Gasteiger partial charge on any atom is 0.250 e. The fourth-order valence-corrected chi connectivity index (χ4v) is 5.26. The van der Waals surface area contributed by atoms with Gasteiger partial charge in [-0.05, 0) is 31.9 Å². The lowest BCUT2D eigenvalue weighted by Gasteiger charge is -2.29. The number of aryl methyl sites for hydroxylation is 1. The van der Waals surface area contributed by atoms with E-state index in [4.69, 9.17) is 0 Å². The lowest BCUT2D eigenvalue weighted by atomic mass is 10.2. The number of carbonyl (C=O) groups is 2. The molecule has 0 radical (unpaired) electrons. The summed E-state index contributed by atoms with van der Waals surface area (Å²) in [6.45, 7) is 4.94. The van der Waals surface area contributed by atoms with Gasteiger partial charge in [0.25, 0.3) is 0 Å². The van der Waals surface area contributed by atoms with Gasteiger partial charge >= 0.3 is 0 Å². The van der Waals surface area contributed by atoms with Crippen molar-refractivity contribution in [2.24, 2.45) is 0 Å². The van der Waals surface area contributed by atoms with Gasteiger partial charge in [0, 0.05) is 18.7 Å². The predicted octanol–water partition coefficient (Wildman–Crippen LogP) is 2.84. The average molecular weight is 358 g/mol. The van der Waals surface area contributed by atoms with E-state index in [1.807, 2.05) is 28.8 Å². The molecular weight excluding hydrogens is 336 g/mol. The first kappa shape index (κ1) is 16.4. The van der Waals surface area contributed by atoms with Crippen LogP contribution in [0.2, 0.25) is 0 Å². The maximum atomic E-state index is 12.9. The maximum absolute atomic E-state index is 12.9. The van der Waals surface area contributed by atoms with Crippen molar-refractivity contribution in [3.05, 3.63) is 24.3 Å². The van der Waals surface area contributed by atoms with Gasteiger partial charge in [-0.3, -0.25) is 14.9 Å². The first-order valence-corrected chi connectivity index (χ1v) is 9.74. The zero-order chi connectivity index (χ0) is 17.6. The summed E-state index contributed by atoms with van der Waals surface area (Å²) < 4.78 is 2.04. The van der Waals surface area contributed by atoms with Crippen molar-refractivity contribution in [3.8, 4) is 0 Å². The zero-order valence-corrected chi connectivity index (χ0v) is 15.3. The number of hydrogen-bond acceptors (Lipinski definition) is 4. The summed E-state index contributed by atoms with van der Waals surface area (Å²) in [6, 6.07) is 7.46. The number of thioether (sulfide) groups is 1. The lowest BCUT2D eigenvalue weighted by molar-refractivity contribution is -0.135. The molecular formula is C18H22N4O2S. The quantitative estimate of drug-likeness (QED) is 0.913. The fourth-order valence-electron chi connectivity index (χ4n) is 3.83. The van der Waals surface area contributed by atoms with Crippen LogP contribution in [-0.4, -0.2) is 42.9 Å². The van der Waals surface area contributed by atoms with Crippen LogP contribution in [-0.2, 0) is 16.1 Å². The molecule has 0 bridgehead atoms. The molecule has 2 atom stereocenters. The van der Waals surface area contributed by atoms with Crippen molar-refractivity contribution < 1.29 is 9.59 Å². The van der Waals surface area contributed by atoms with Crippen LogP contribution >= 0.6 is 11.8 Å². The summed E-state index contributed by atoms with van der Waals surface area (Å²) >= 11 is 1.70. The van der Waals surface area contributed by atoms with Crippen molar-refractivity contribution in [1.29, 1.82) is 0 Å². The van der Waals surface area contributed by atoms with Crippen LogP contribution in [0.4, 0.5) is 5.95 Å². The van der Waals surface area contributed by atoms with E-state index in [0.717, 1.165) is 30.4 Å². The topological polar surface area (TPSA) is 67.2 Å². The van der Waals surface area contributed by atoms with Crippen LogP contribution in [0.25, 0.3) is 11.0 Å². The summed E-state index contributed by atoms with van der Waals surface area (Å²) in [5.41, 5.74) is 1.89. The van der Waals surface area contributed by atoms with E-state index in [1.165, 1.54) is 0 Å². The van der Waals surface area contributed by atoms with Gasteiger partial charge in [0.1, 0.15) is 6.04 Å². The van der Waals surface area contributed by atoms with Crippen molar-refractivity contribution in [2.75, 3.05) is 11.1 Å². The molecule has 1 aromatic carbocycles. The molecule has 2 aromatic rings. The molecule has 2 fully saturated rings. The Bertz CT molecular complexity index is 849. The molecule has 0 aliphatic carbocycles. The molecule has 2 aliphatic heterocycles. The molecule has 132 valence electrons. The molecule has 1 N–H and O–H groups in total. The smallest absolute Gasteiger partial charge is 0.250 e. The summed E-state index contributed by atoms with van der Waals surface area (Å²) in [5, 5.41) is 2.98.